The van der Waals surface area contributed by atoms with Crippen LogP contribution >= 0.6 is 0 Å². The minimum absolute atomic E-state index is 0.0856. The molecule has 1 aromatic heterocycles. The molecule has 5 heteroatoms. The number of aromatic nitrogens is 2. The average molecular weight is 248 g/mol. The maximum atomic E-state index is 12.4. The van der Waals surface area contributed by atoms with E-state index in [2.05, 4.69) is 10.4 Å². The molecule has 1 unspecified atom stereocenters. The fraction of sp³-hybridized carbons (Fsp3) is 0.692. The summed E-state index contributed by atoms with van der Waals surface area (Å²) < 4.78 is 1.76. The summed E-state index contributed by atoms with van der Waals surface area (Å²) in [4.78, 5) is 14.3. The lowest BCUT2D eigenvalue weighted by Crippen LogP contribution is -2.33. The van der Waals surface area contributed by atoms with Crippen LogP contribution in [0.5, 0.6) is 0 Å². The van der Waals surface area contributed by atoms with E-state index in [1.165, 1.54) is 6.42 Å². The molecule has 2 aliphatic rings. The second-order valence-corrected chi connectivity index (χ2v) is 5.70. The molecule has 1 aromatic rings. The van der Waals surface area contributed by atoms with E-state index in [0.717, 1.165) is 38.3 Å². The Morgan fingerprint density at radius 2 is 2.33 bits per heavy atom. The number of rotatable bonds is 1. The molecule has 0 bridgehead atoms. The molecule has 98 valence electrons. The summed E-state index contributed by atoms with van der Waals surface area (Å²) >= 11 is 0. The number of aryl methyl sites for hydroxylation is 2. The molecule has 5 nitrogen and oxygen atoms in total. The van der Waals surface area contributed by atoms with Crippen LogP contribution in [0.2, 0.25) is 0 Å². The van der Waals surface area contributed by atoms with E-state index in [9.17, 15) is 4.79 Å². The molecule has 0 aromatic carbocycles. The van der Waals surface area contributed by atoms with E-state index >= 15 is 0 Å². The van der Waals surface area contributed by atoms with Gasteiger partial charge in [-0.15, -0.1) is 0 Å². The lowest BCUT2D eigenvalue weighted by Gasteiger charge is -2.22. The fourth-order valence-corrected chi connectivity index (χ4v) is 3.08. The smallest absolute Gasteiger partial charge is 0.274 e. The van der Waals surface area contributed by atoms with Crippen molar-refractivity contribution in [1.29, 1.82) is 0 Å². The van der Waals surface area contributed by atoms with Crippen molar-refractivity contribution >= 4 is 5.91 Å². The second-order valence-electron chi connectivity index (χ2n) is 5.70. The predicted molar refractivity (Wildman–Crippen MR) is 68.4 cm³/mol. The van der Waals surface area contributed by atoms with Gasteiger partial charge in [0.15, 0.2) is 5.69 Å². The zero-order valence-corrected chi connectivity index (χ0v) is 11.1. The maximum Gasteiger partial charge on any atom is 0.274 e. The molecular weight excluding hydrogens is 228 g/mol. The Balaban J connectivity index is 1.74. The number of amides is 1. The molecule has 1 atom stereocenters. The van der Waals surface area contributed by atoms with Crippen molar-refractivity contribution in [3.05, 3.63) is 17.5 Å². The highest BCUT2D eigenvalue weighted by Gasteiger charge is 2.42. The molecular formula is C13H20N4O. The Morgan fingerprint density at radius 1 is 1.50 bits per heavy atom. The monoisotopic (exact) mass is 248 g/mol. The third-order valence-electron chi connectivity index (χ3n) is 4.39. The van der Waals surface area contributed by atoms with Crippen LogP contribution in [-0.2, 0) is 7.05 Å². The van der Waals surface area contributed by atoms with E-state index in [0.29, 0.717) is 11.1 Å². The summed E-state index contributed by atoms with van der Waals surface area (Å²) in [6, 6.07) is 1.88. The summed E-state index contributed by atoms with van der Waals surface area (Å²) in [5, 5.41) is 7.69. The summed E-state index contributed by atoms with van der Waals surface area (Å²) in [5.41, 5.74) is 1.94. The van der Waals surface area contributed by atoms with Gasteiger partial charge in [0.05, 0.1) is 0 Å². The molecule has 0 aliphatic carbocycles. The van der Waals surface area contributed by atoms with Gasteiger partial charge in [-0.1, -0.05) is 0 Å². The molecule has 0 saturated carbocycles. The van der Waals surface area contributed by atoms with E-state index in [1.54, 1.807) is 4.68 Å². The van der Waals surface area contributed by atoms with E-state index in [4.69, 9.17) is 0 Å². The van der Waals surface area contributed by atoms with Gasteiger partial charge in [0.1, 0.15) is 0 Å². The van der Waals surface area contributed by atoms with Crippen LogP contribution in [0.4, 0.5) is 0 Å². The molecule has 18 heavy (non-hydrogen) atoms. The van der Waals surface area contributed by atoms with Crippen molar-refractivity contribution in [3.63, 3.8) is 0 Å². The Labute approximate surface area is 107 Å². The van der Waals surface area contributed by atoms with Gasteiger partial charge in [0, 0.05) is 37.8 Å². The molecule has 1 spiro atoms. The number of hydrogen-bond acceptors (Lipinski definition) is 3. The van der Waals surface area contributed by atoms with Gasteiger partial charge in [-0.25, -0.2) is 0 Å². The summed E-state index contributed by atoms with van der Waals surface area (Å²) in [5.74, 6) is 0.0856. The van der Waals surface area contributed by atoms with Gasteiger partial charge in [-0.3, -0.25) is 9.48 Å². The third-order valence-corrected chi connectivity index (χ3v) is 4.39. The first-order valence-corrected chi connectivity index (χ1v) is 6.60. The maximum absolute atomic E-state index is 12.4. The molecule has 2 aliphatic heterocycles. The number of nitrogens with zero attached hydrogens (tertiary/aromatic N) is 3. The zero-order chi connectivity index (χ0) is 12.8. The van der Waals surface area contributed by atoms with Gasteiger partial charge in [0.2, 0.25) is 0 Å². The lowest BCUT2D eigenvalue weighted by molar-refractivity contribution is 0.0769. The highest BCUT2D eigenvalue weighted by atomic mass is 16.2. The van der Waals surface area contributed by atoms with Crippen molar-refractivity contribution in [2.24, 2.45) is 12.5 Å². The molecule has 2 saturated heterocycles. The Hall–Kier alpha value is -1.36. The highest BCUT2D eigenvalue weighted by Crippen LogP contribution is 2.36. The Kier molecular flexibility index (Phi) is 2.66. The van der Waals surface area contributed by atoms with Gasteiger partial charge < -0.3 is 10.2 Å². The number of carbonyl (C=O) groups excluding carboxylic acids is 1. The van der Waals surface area contributed by atoms with Crippen LogP contribution in [0, 0.1) is 12.3 Å². The minimum atomic E-state index is 0.0856. The SMILES string of the molecule is Cc1cc(C(=O)N2CCC3(CCNC3)C2)nn1C. The van der Waals surface area contributed by atoms with Gasteiger partial charge in [0.25, 0.3) is 5.91 Å². The molecule has 2 fully saturated rings. The minimum Gasteiger partial charge on any atom is -0.337 e. The second kappa shape index (κ2) is 4.09. The Morgan fingerprint density at radius 3 is 2.94 bits per heavy atom. The number of nitrogens with one attached hydrogen (secondary N) is 1. The first-order chi connectivity index (χ1) is 8.60. The fourth-order valence-electron chi connectivity index (χ4n) is 3.08. The summed E-state index contributed by atoms with van der Waals surface area (Å²) in [6.45, 7) is 5.86. The van der Waals surface area contributed by atoms with Crippen molar-refractivity contribution in [1.82, 2.24) is 20.0 Å². The van der Waals surface area contributed by atoms with Gasteiger partial charge in [-0.05, 0) is 32.4 Å². The topological polar surface area (TPSA) is 50.2 Å². The van der Waals surface area contributed by atoms with E-state index in [-0.39, 0.29) is 5.91 Å². The first kappa shape index (κ1) is 11.7. The number of likely N-dealkylation sites (tertiary alicyclic amines) is 1. The van der Waals surface area contributed by atoms with Crippen molar-refractivity contribution in [2.45, 2.75) is 19.8 Å². The third kappa shape index (κ3) is 1.82. The number of carbonyl (C=O) groups is 1. The van der Waals surface area contributed by atoms with E-state index < -0.39 is 0 Å². The van der Waals surface area contributed by atoms with Gasteiger partial charge >= 0.3 is 0 Å². The summed E-state index contributed by atoms with van der Waals surface area (Å²) in [6.07, 6.45) is 2.32. The standard InChI is InChI=1S/C13H20N4O/c1-10-7-11(15-16(10)2)12(18)17-6-4-13(9-17)3-5-14-8-13/h7,14H,3-6,8-9H2,1-2H3. The average Bonchev–Trinajstić information content (AvgIpc) is 3.04. The van der Waals surface area contributed by atoms with Crippen LogP contribution in [0.25, 0.3) is 0 Å². The van der Waals surface area contributed by atoms with Crippen LogP contribution in [0.1, 0.15) is 29.0 Å². The van der Waals surface area contributed by atoms with Crippen LogP contribution in [0.3, 0.4) is 0 Å². The first-order valence-electron chi connectivity index (χ1n) is 6.60. The molecule has 1 amide bonds. The lowest BCUT2D eigenvalue weighted by atomic mass is 9.87. The quantitative estimate of drug-likeness (QED) is 0.790. The molecule has 3 rings (SSSR count). The van der Waals surface area contributed by atoms with Crippen molar-refractivity contribution < 1.29 is 4.79 Å². The highest BCUT2D eigenvalue weighted by molar-refractivity contribution is 5.92. The Bertz CT molecular complexity index is 454. The van der Waals surface area contributed by atoms with Crippen molar-refractivity contribution in [2.75, 3.05) is 26.2 Å². The molecule has 1 N–H and O–H groups in total. The predicted octanol–water partition coefficient (Wildman–Crippen LogP) is 0.554. The zero-order valence-electron chi connectivity index (χ0n) is 11.1. The van der Waals surface area contributed by atoms with E-state index in [1.807, 2.05) is 24.9 Å². The molecule has 0 radical (unpaired) electrons. The van der Waals surface area contributed by atoms with Gasteiger partial charge in [-0.2, -0.15) is 5.10 Å². The van der Waals surface area contributed by atoms with Crippen LogP contribution in [-0.4, -0.2) is 46.8 Å². The molecule has 3 heterocycles. The van der Waals surface area contributed by atoms with Crippen LogP contribution in [0.15, 0.2) is 6.07 Å². The number of hydrogen-bond donors (Lipinski definition) is 1. The van der Waals surface area contributed by atoms with Crippen LogP contribution < -0.4 is 5.32 Å². The summed E-state index contributed by atoms with van der Waals surface area (Å²) in [7, 11) is 1.87. The normalized spacial score (nSPS) is 27.3. The van der Waals surface area contributed by atoms with Crippen molar-refractivity contribution in [3.8, 4) is 0 Å². The largest absolute Gasteiger partial charge is 0.337 e.